The van der Waals surface area contributed by atoms with Crippen molar-refractivity contribution in [2.75, 3.05) is 20.3 Å². The van der Waals surface area contributed by atoms with Crippen molar-refractivity contribution >= 4 is 17.7 Å². The van der Waals surface area contributed by atoms with Crippen LogP contribution in [0.1, 0.15) is 49.3 Å². The van der Waals surface area contributed by atoms with Crippen LogP contribution in [0.4, 0.5) is 0 Å². The average molecular weight is 352 g/mol. The zero-order chi connectivity index (χ0) is 18.4. The normalized spacial score (nSPS) is 17.1. The Bertz CT molecular complexity index is 633. The highest BCUT2D eigenvalue weighted by molar-refractivity contribution is 5.88. The number of Topliss-reactive ketones (excluding diaryl/α,β-unsaturated/α-hetero) is 1. The van der Waals surface area contributed by atoms with E-state index in [1.54, 1.807) is 12.1 Å². The maximum Gasteiger partial charge on any atom is 0.354 e. The number of rotatable bonds is 8. The molecule has 138 valence electrons. The van der Waals surface area contributed by atoms with Gasteiger partial charge in [0.25, 0.3) is 0 Å². The molecule has 1 unspecified atom stereocenters. The van der Waals surface area contributed by atoms with Gasteiger partial charge in [0, 0.05) is 19.8 Å². The van der Waals surface area contributed by atoms with Gasteiger partial charge in [-0.1, -0.05) is 6.92 Å². The van der Waals surface area contributed by atoms with Gasteiger partial charge in [-0.15, -0.1) is 0 Å². The Morgan fingerprint density at radius 3 is 2.56 bits per heavy atom. The van der Waals surface area contributed by atoms with Crippen LogP contribution < -0.4 is 5.32 Å². The van der Waals surface area contributed by atoms with Crippen LogP contribution in [0.5, 0.6) is 0 Å². The Kier molecular flexibility index (Phi) is 6.33. The number of amides is 1. The summed E-state index contributed by atoms with van der Waals surface area (Å²) >= 11 is 0. The molecule has 0 radical (unpaired) electrons. The molecule has 2 rings (SSSR count). The first kappa shape index (κ1) is 19.1. The van der Waals surface area contributed by atoms with E-state index in [0.717, 1.165) is 0 Å². The molecule has 2 heterocycles. The van der Waals surface area contributed by atoms with Gasteiger partial charge in [0.15, 0.2) is 5.78 Å². The zero-order valence-electron chi connectivity index (χ0n) is 14.7. The summed E-state index contributed by atoms with van der Waals surface area (Å²) < 4.78 is 16.3. The minimum absolute atomic E-state index is 0.0871. The molecule has 1 atom stereocenters. The maximum absolute atomic E-state index is 12.4. The molecule has 0 spiro atoms. The lowest BCUT2D eigenvalue weighted by Crippen LogP contribution is -2.45. The molecule has 1 fully saturated rings. The first-order chi connectivity index (χ1) is 11.9. The van der Waals surface area contributed by atoms with E-state index in [-0.39, 0.29) is 23.8 Å². The average Bonchev–Trinajstić information content (AvgIpc) is 3.23. The fourth-order valence-corrected chi connectivity index (χ4v) is 2.86. The fraction of sp³-hybridized carbons (Fsp3) is 0.588. The van der Waals surface area contributed by atoms with Crippen molar-refractivity contribution in [1.82, 2.24) is 10.3 Å². The lowest BCUT2D eigenvalue weighted by Gasteiger charge is -2.30. The molecular formula is C17H24N2O6. The molecular weight excluding hydrogens is 328 g/mol. The molecule has 1 aliphatic rings. The minimum atomic E-state index is -1.22. The molecule has 0 aromatic carbocycles. The van der Waals surface area contributed by atoms with Crippen LogP contribution in [0.15, 0.2) is 12.1 Å². The molecule has 25 heavy (non-hydrogen) atoms. The second kappa shape index (κ2) is 8.26. The molecule has 1 aromatic heterocycles. The predicted molar refractivity (Wildman–Crippen MR) is 87.9 cm³/mol. The lowest BCUT2D eigenvalue weighted by molar-refractivity contribution is -0.180. The summed E-state index contributed by atoms with van der Waals surface area (Å²) in [4.78, 5) is 38.5. The van der Waals surface area contributed by atoms with Gasteiger partial charge in [0.2, 0.25) is 11.7 Å². The third kappa shape index (κ3) is 4.46. The summed E-state index contributed by atoms with van der Waals surface area (Å²) in [6.07, 6.45) is 1.14. The third-order valence-electron chi connectivity index (χ3n) is 3.99. The first-order valence-electron chi connectivity index (χ1n) is 8.27. The minimum Gasteiger partial charge on any atom is -0.464 e. The number of nitrogens with one attached hydrogen (secondary N) is 2. The highest BCUT2D eigenvalue weighted by Crippen LogP contribution is 2.36. The van der Waals surface area contributed by atoms with E-state index in [2.05, 4.69) is 15.0 Å². The Morgan fingerprint density at radius 1 is 1.32 bits per heavy atom. The molecule has 1 aromatic rings. The van der Waals surface area contributed by atoms with Crippen molar-refractivity contribution < 1.29 is 28.6 Å². The van der Waals surface area contributed by atoms with Crippen LogP contribution in [0.25, 0.3) is 0 Å². The van der Waals surface area contributed by atoms with Gasteiger partial charge in [-0.05, 0) is 18.6 Å². The number of H-pyrrole nitrogens is 1. The molecule has 1 aliphatic heterocycles. The van der Waals surface area contributed by atoms with E-state index in [0.29, 0.717) is 31.7 Å². The predicted octanol–water partition coefficient (Wildman–Crippen LogP) is 1.26. The SMILES string of the molecule is CCCC(=O)C(CC1(c2ccc(C(=O)OC)[nH]2)OCCO1)NC(C)=O. The molecule has 1 saturated heterocycles. The van der Waals surface area contributed by atoms with E-state index in [9.17, 15) is 14.4 Å². The van der Waals surface area contributed by atoms with Gasteiger partial charge in [0.1, 0.15) is 5.69 Å². The topological polar surface area (TPSA) is 107 Å². The molecule has 0 saturated carbocycles. The highest BCUT2D eigenvalue weighted by atomic mass is 16.7. The van der Waals surface area contributed by atoms with Crippen LogP contribution in [0.2, 0.25) is 0 Å². The number of ether oxygens (including phenoxy) is 3. The number of esters is 1. The molecule has 1 amide bonds. The third-order valence-corrected chi connectivity index (χ3v) is 3.99. The molecule has 8 nitrogen and oxygen atoms in total. The van der Waals surface area contributed by atoms with Gasteiger partial charge in [-0.3, -0.25) is 9.59 Å². The number of hydrogen-bond acceptors (Lipinski definition) is 6. The monoisotopic (exact) mass is 352 g/mol. The zero-order valence-corrected chi connectivity index (χ0v) is 14.7. The molecule has 8 heteroatoms. The Hall–Kier alpha value is -2.19. The number of aromatic nitrogens is 1. The molecule has 2 N–H and O–H groups in total. The van der Waals surface area contributed by atoms with E-state index in [1.807, 2.05) is 6.92 Å². The van der Waals surface area contributed by atoms with Gasteiger partial charge >= 0.3 is 5.97 Å². The Morgan fingerprint density at radius 2 is 2.00 bits per heavy atom. The van der Waals surface area contributed by atoms with E-state index < -0.39 is 17.8 Å². The van der Waals surface area contributed by atoms with Crippen LogP contribution in [-0.2, 0) is 29.6 Å². The highest BCUT2D eigenvalue weighted by Gasteiger charge is 2.44. The summed E-state index contributed by atoms with van der Waals surface area (Å²) in [6, 6.07) is 2.49. The lowest BCUT2D eigenvalue weighted by atomic mass is 9.97. The van der Waals surface area contributed by atoms with Crippen molar-refractivity contribution in [3.8, 4) is 0 Å². The Labute approximate surface area is 146 Å². The van der Waals surface area contributed by atoms with E-state index in [4.69, 9.17) is 9.47 Å². The second-order valence-electron chi connectivity index (χ2n) is 5.90. The first-order valence-corrected chi connectivity index (χ1v) is 8.27. The van der Waals surface area contributed by atoms with Gasteiger partial charge in [-0.2, -0.15) is 0 Å². The molecule has 0 aliphatic carbocycles. The number of hydrogen-bond donors (Lipinski definition) is 2. The second-order valence-corrected chi connectivity index (χ2v) is 5.90. The van der Waals surface area contributed by atoms with Crippen molar-refractivity contribution in [3.05, 3.63) is 23.5 Å². The largest absolute Gasteiger partial charge is 0.464 e. The Balaban J connectivity index is 2.28. The summed E-state index contributed by atoms with van der Waals surface area (Å²) in [5.41, 5.74) is 0.761. The maximum atomic E-state index is 12.4. The van der Waals surface area contributed by atoms with Crippen molar-refractivity contribution in [1.29, 1.82) is 0 Å². The number of ketones is 1. The number of carbonyl (C=O) groups excluding carboxylic acids is 3. The van der Waals surface area contributed by atoms with E-state index in [1.165, 1.54) is 14.0 Å². The van der Waals surface area contributed by atoms with Gasteiger partial charge < -0.3 is 24.5 Å². The van der Waals surface area contributed by atoms with Crippen LogP contribution in [0.3, 0.4) is 0 Å². The van der Waals surface area contributed by atoms with Gasteiger partial charge in [0.05, 0.1) is 32.1 Å². The van der Waals surface area contributed by atoms with Crippen LogP contribution in [-0.4, -0.2) is 49.0 Å². The summed E-state index contributed by atoms with van der Waals surface area (Å²) in [7, 11) is 1.29. The fourth-order valence-electron chi connectivity index (χ4n) is 2.86. The number of aromatic amines is 1. The number of carbonyl (C=O) groups is 3. The summed E-state index contributed by atoms with van der Waals surface area (Å²) in [5, 5.41) is 2.67. The van der Waals surface area contributed by atoms with E-state index >= 15 is 0 Å². The van der Waals surface area contributed by atoms with Crippen molar-refractivity contribution in [2.24, 2.45) is 0 Å². The van der Waals surface area contributed by atoms with Gasteiger partial charge in [-0.25, -0.2) is 4.79 Å². The number of methoxy groups -OCH3 is 1. The van der Waals surface area contributed by atoms with Crippen molar-refractivity contribution in [2.45, 2.75) is 44.9 Å². The van der Waals surface area contributed by atoms with Crippen LogP contribution in [0, 0.1) is 0 Å². The summed E-state index contributed by atoms with van der Waals surface area (Å²) in [5.74, 6) is -2.12. The summed E-state index contributed by atoms with van der Waals surface area (Å²) in [6.45, 7) is 3.95. The smallest absolute Gasteiger partial charge is 0.354 e. The van der Waals surface area contributed by atoms with Crippen LogP contribution >= 0.6 is 0 Å². The van der Waals surface area contributed by atoms with Crippen molar-refractivity contribution in [3.63, 3.8) is 0 Å². The quantitative estimate of drug-likeness (QED) is 0.682. The standard InChI is InChI=1S/C17H24N2O6/c1-4-5-14(21)13(18-11(2)20)10-17(24-8-9-25-17)15-7-6-12(19-15)16(22)23-3/h6-7,13,19H,4-5,8-10H2,1-3H3,(H,18,20). The molecule has 0 bridgehead atoms.